The molecule has 4 amide bonds. The van der Waals surface area contributed by atoms with Gasteiger partial charge < -0.3 is 10.6 Å². The zero-order chi connectivity index (χ0) is 18.7. The number of amides is 4. The zero-order valence-electron chi connectivity index (χ0n) is 14.9. The lowest BCUT2D eigenvalue weighted by Crippen LogP contribution is -2.45. The summed E-state index contributed by atoms with van der Waals surface area (Å²) in [6.07, 6.45) is 6.47. The number of nitrogens with zero attached hydrogens (tertiary/aromatic N) is 1. The fraction of sp³-hybridized carbons (Fsp3) is 0.526. The fourth-order valence-corrected chi connectivity index (χ4v) is 4.06. The Morgan fingerprint density at radius 1 is 1.23 bits per heavy atom. The van der Waals surface area contributed by atoms with E-state index in [4.69, 9.17) is 11.6 Å². The Morgan fingerprint density at radius 3 is 2.54 bits per heavy atom. The van der Waals surface area contributed by atoms with Crippen LogP contribution in [-0.2, 0) is 15.1 Å². The van der Waals surface area contributed by atoms with Gasteiger partial charge in [0, 0.05) is 16.6 Å². The third kappa shape index (κ3) is 3.70. The van der Waals surface area contributed by atoms with Gasteiger partial charge in [-0.05, 0) is 25.8 Å². The number of hydrogen-bond acceptors (Lipinski definition) is 3. The van der Waals surface area contributed by atoms with Crippen LogP contribution in [0.2, 0.25) is 5.02 Å². The molecule has 1 aliphatic carbocycles. The predicted octanol–water partition coefficient (Wildman–Crippen LogP) is 2.95. The molecule has 26 heavy (non-hydrogen) atoms. The SMILES string of the molecule is C[C@]1(c2ccccc2Cl)NC(=O)N(CC(=O)NC2CCCCCC2)C1=O. The molecule has 2 aliphatic rings. The average molecular weight is 378 g/mol. The molecule has 0 bridgehead atoms. The van der Waals surface area contributed by atoms with Crippen LogP contribution in [0.1, 0.15) is 51.0 Å². The first-order chi connectivity index (χ1) is 12.4. The minimum Gasteiger partial charge on any atom is -0.352 e. The summed E-state index contributed by atoms with van der Waals surface area (Å²) in [6.45, 7) is 1.33. The van der Waals surface area contributed by atoms with E-state index in [1.807, 2.05) is 0 Å². The fourth-order valence-electron chi connectivity index (χ4n) is 3.73. The maximum Gasteiger partial charge on any atom is 0.325 e. The molecule has 1 saturated heterocycles. The summed E-state index contributed by atoms with van der Waals surface area (Å²) < 4.78 is 0. The molecule has 140 valence electrons. The molecule has 0 radical (unpaired) electrons. The Bertz CT molecular complexity index is 716. The molecule has 7 heteroatoms. The Kier molecular flexibility index (Phi) is 5.51. The molecule has 1 saturated carbocycles. The predicted molar refractivity (Wildman–Crippen MR) is 98.7 cm³/mol. The van der Waals surface area contributed by atoms with Gasteiger partial charge in [-0.2, -0.15) is 0 Å². The van der Waals surface area contributed by atoms with Gasteiger partial charge >= 0.3 is 6.03 Å². The molecule has 1 atom stereocenters. The second-order valence-electron chi connectivity index (χ2n) is 7.18. The van der Waals surface area contributed by atoms with E-state index in [0.717, 1.165) is 30.6 Å². The van der Waals surface area contributed by atoms with Crippen LogP contribution < -0.4 is 10.6 Å². The van der Waals surface area contributed by atoms with Crippen molar-refractivity contribution < 1.29 is 14.4 Å². The van der Waals surface area contributed by atoms with Crippen LogP contribution in [0.5, 0.6) is 0 Å². The van der Waals surface area contributed by atoms with Crippen molar-refractivity contribution in [2.75, 3.05) is 6.54 Å². The van der Waals surface area contributed by atoms with Crippen LogP contribution in [0.3, 0.4) is 0 Å². The number of benzene rings is 1. The van der Waals surface area contributed by atoms with Gasteiger partial charge in [0.1, 0.15) is 12.1 Å². The van der Waals surface area contributed by atoms with Gasteiger partial charge in [-0.25, -0.2) is 4.79 Å². The monoisotopic (exact) mass is 377 g/mol. The molecule has 1 aliphatic heterocycles. The number of urea groups is 1. The molecule has 1 aromatic carbocycles. The third-order valence-electron chi connectivity index (χ3n) is 5.21. The number of carbonyl (C=O) groups excluding carboxylic acids is 3. The van der Waals surface area contributed by atoms with Crippen molar-refractivity contribution in [2.24, 2.45) is 0 Å². The number of carbonyl (C=O) groups is 3. The van der Waals surface area contributed by atoms with Gasteiger partial charge in [-0.1, -0.05) is 55.5 Å². The van der Waals surface area contributed by atoms with E-state index in [1.54, 1.807) is 31.2 Å². The molecular formula is C19H24ClN3O3. The van der Waals surface area contributed by atoms with Crippen molar-refractivity contribution in [3.8, 4) is 0 Å². The first kappa shape index (κ1) is 18.7. The van der Waals surface area contributed by atoms with Crippen LogP contribution in [0.4, 0.5) is 4.79 Å². The maximum atomic E-state index is 12.9. The zero-order valence-corrected chi connectivity index (χ0v) is 15.6. The van der Waals surface area contributed by atoms with Gasteiger partial charge in [0.25, 0.3) is 5.91 Å². The molecule has 6 nitrogen and oxygen atoms in total. The Labute approximate surface area is 158 Å². The van der Waals surface area contributed by atoms with Gasteiger partial charge in [-0.15, -0.1) is 0 Å². The molecule has 3 rings (SSSR count). The van der Waals surface area contributed by atoms with Gasteiger partial charge in [0.15, 0.2) is 0 Å². The third-order valence-corrected chi connectivity index (χ3v) is 5.54. The van der Waals surface area contributed by atoms with Crippen molar-refractivity contribution in [3.63, 3.8) is 0 Å². The minimum atomic E-state index is -1.27. The summed E-state index contributed by atoms with van der Waals surface area (Å²) in [7, 11) is 0. The van der Waals surface area contributed by atoms with Gasteiger partial charge in [-0.3, -0.25) is 14.5 Å². The van der Waals surface area contributed by atoms with Crippen LogP contribution in [0.15, 0.2) is 24.3 Å². The highest BCUT2D eigenvalue weighted by Crippen LogP contribution is 2.33. The average Bonchev–Trinajstić information content (AvgIpc) is 2.79. The molecule has 0 aromatic heterocycles. The van der Waals surface area contributed by atoms with Crippen molar-refractivity contribution in [1.29, 1.82) is 0 Å². The lowest BCUT2D eigenvalue weighted by atomic mass is 9.92. The van der Waals surface area contributed by atoms with Crippen LogP contribution >= 0.6 is 11.6 Å². The summed E-state index contributed by atoms with van der Waals surface area (Å²) in [5.74, 6) is -0.768. The lowest BCUT2D eigenvalue weighted by Gasteiger charge is -2.23. The second-order valence-corrected chi connectivity index (χ2v) is 7.59. The highest BCUT2D eigenvalue weighted by atomic mass is 35.5. The van der Waals surface area contributed by atoms with Crippen molar-refractivity contribution in [2.45, 2.75) is 57.0 Å². The number of rotatable bonds is 4. The number of halogens is 1. The van der Waals surface area contributed by atoms with E-state index < -0.39 is 17.5 Å². The lowest BCUT2D eigenvalue weighted by molar-refractivity contribution is -0.135. The second kappa shape index (κ2) is 7.66. The topological polar surface area (TPSA) is 78.5 Å². The Balaban J connectivity index is 1.69. The van der Waals surface area contributed by atoms with Crippen molar-refractivity contribution in [3.05, 3.63) is 34.9 Å². The van der Waals surface area contributed by atoms with Crippen molar-refractivity contribution in [1.82, 2.24) is 15.5 Å². The summed E-state index contributed by atoms with van der Waals surface area (Å²) in [4.78, 5) is 38.6. The summed E-state index contributed by atoms with van der Waals surface area (Å²) in [5, 5.41) is 6.04. The highest BCUT2D eigenvalue weighted by Gasteiger charge is 2.50. The quantitative estimate of drug-likeness (QED) is 0.625. The van der Waals surface area contributed by atoms with Gasteiger partial charge in [0.05, 0.1) is 0 Å². The number of imide groups is 1. The molecule has 0 spiro atoms. The summed E-state index contributed by atoms with van der Waals surface area (Å²) in [6, 6.07) is 6.44. The largest absolute Gasteiger partial charge is 0.352 e. The first-order valence-corrected chi connectivity index (χ1v) is 9.48. The molecule has 2 fully saturated rings. The van der Waals surface area contributed by atoms with E-state index in [0.29, 0.717) is 10.6 Å². The van der Waals surface area contributed by atoms with Crippen molar-refractivity contribution >= 4 is 29.4 Å². The molecular weight excluding hydrogens is 354 g/mol. The van der Waals surface area contributed by atoms with E-state index >= 15 is 0 Å². The van der Waals surface area contributed by atoms with E-state index in [1.165, 1.54) is 12.8 Å². The summed E-state index contributed by atoms with van der Waals surface area (Å²) in [5.41, 5.74) is -0.746. The standard InChI is InChI=1S/C19H24ClN3O3/c1-19(14-10-6-7-11-15(14)20)17(25)23(18(26)22-19)12-16(24)21-13-8-4-2-3-5-9-13/h6-7,10-11,13H,2-5,8-9,12H2,1H3,(H,21,24)(H,22,26)/t19-/m1/s1. The number of hydrogen-bond donors (Lipinski definition) is 2. The summed E-state index contributed by atoms with van der Waals surface area (Å²) >= 11 is 6.20. The van der Waals surface area contributed by atoms with Crippen LogP contribution in [0.25, 0.3) is 0 Å². The first-order valence-electron chi connectivity index (χ1n) is 9.10. The van der Waals surface area contributed by atoms with Gasteiger partial charge in [0.2, 0.25) is 5.91 Å². The van der Waals surface area contributed by atoms with Crippen LogP contribution in [-0.4, -0.2) is 35.3 Å². The molecule has 0 unspecified atom stereocenters. The molecule has 1 aromatic rings. The van der Waals surface area contributed by atoms with E-state index in [9.17, 15) is 14.4 Å². The Morgan fingerprint density at radius 2 is 1.88 bits per heavy atom. The smallest absolute Gasteiger partial charge is 0.325 e. The molecule has 1 heterocycles. The minimum absolute atomic E-state index is 0.126. The van der Waals surface area contributed by atoms with Crippen LogP contribution in [0, 0.1) is 0 Å². The Hall–Kier alpha value is -2.08. The van der Waals surface area contributed by atoms with E-state index in [2.05, 4.69) is 10.6 Å². The molecule has 2 N–H and O–H groups in total. The van der Waals surface area contributed by atoms with E-state index in [-0.39, 0.29) is 18.5 Å². The normalized spacial score (nSPS) is 24.3. The number of nitrogens with one attached hydrogen (secondary N) is 2. The maximum absolute atomic E-state index is 12.9. The highest BCUT2D eigenvalue weighted by molar-refractivity contribution is 6.32.